The normalized spacial score (nSPS) is 10.9. The molecule has 90 valence electrons. The van der Waals surface area contributed by atoms with E-state index >= 15 is 0 Å². The minimum atomic E-state index is -0.476. The monoisotopic (exact) mass is 245 g/mol. The second-order valence-electron chi connectivity index (χ2n) is 3.63. The maximum atomic E-state index is 13.1. The highest BCUT2D eigenvalue weighted by Gasteiger charge is 2.11. The lowest BCUT2D eigenvalue weighted by atomic mass is 10.2. The summed E-state index contributed by atoms with van der Waals surface area (Å²) in [4.78, 5) is 11.9. The largest absolute Gasteiger partial charge is 0.394 e. The van der Waals surface area contributed by atoms with Crippen LogP contribution in [0.2, 0.25) is 0 Å². The van der Waals surface area contributed by atoms with Crippen molar-refractivity contribution < 1.29 is 4.39 Å². The molecule has 0 atom stereocenters. The molecule has 0 aromatic carbocycles. The van der Waals surface area contributed by atoms with Gasteiger partial charge in [-0.1, -0.05) is 0 Å². The number of nitrogens with zero attached hydrogens (tertiary/aromatic N) is 5. The lowest BCUT2D eigenvalue weighted by molar-refractivity contribution is 0.622. The highest BCUT2D eigenvalue weighted by molar-refractivity contribution is 5.68. The summed E-state index contributed by atoms with van der Waals surface area (Å²) in [5.74, 6) is -0.105. The molecule has 0 aliphatic carbocycles. The Bertz CT molecular complexity index is 736. The van der Waals surface area contributed by atoms with Crippen molar-refractivity contribution in [3.63, 3.8) is 0 Å². The van der Waals surface area contributed by atoms with Crippen molar-refractivity contribution in [2.24, 2.45) is 0 Å². The molecular formula is C10H8FN7. The van der Waals surface area contributed by atoms with E-state index in [1.54, 1.807) is 0 Å². The Morgan fingerprint density at radius 2 is 1.94 bits per heavy atom. The Hall–Kier alpha value is -2.77. The van der Waals surface area contributed by atoms with Gasteiger partial charge >= 0.3 is 0 Å². The Morgan fingerprint density at radius 3 is 2.72 bits per heavy atom. The molecule has 0 aliphatic rings. The van der Waals surface area contributed by atoms with Gasteiger partial charge in [0, 0.05) is 11.8 Å². The van der Waals surface area contributed by atoms with Crippen molar-refractivity contribution in [2.45, 2.75) is 0 Å². The molecule has 0 saturated carbocycles. The first-order valence-electron chi connectivity index (χ1n) is 5.03. The van der Waals surface area contributed by atoms with Crippen LogP contribution >= 0.6 is 0 Å². The number of aromatic nitrogens is 5. The standard InChI is InChI=1S/C10H8FN7/c11-6-1-5(2-14-3-6)8-16-9-7(12)4-15-18(9)10(13)17-8/h1-4H,12H2,(H2,13,16,17). The molecule has 0 unspecified atom stereocenters. The fourth-order valence-electron chi connectivity index (χ4n) is 1.58. The first-order valence-corrected chi connectivity index (χ1v) is 5.03. The fourth-order valence-corrected chi connectivity index (χ4v) is 1.58. The van der Waals surface area contributed by atoms with Gasteiger partial charge in [0.2, 0.25) is 5.95 Å². The highest BCUT2D eigenvalue weighted by Crippen LogP contribution is 2.19. The predicted octanol–water partition coefficient (Wildman–Crippen LogP) is 0.490. The van der Waals surface area contributed by atoms with E-state index in [0.29, 0.717) is 16.9 Å². The molecule has 8 heteroatoms. The van der Waals surface area contributed by atoms with Crippen LogP contribution in [0.5, 0.6) is 0 Å². The van der Waals surface area contributed by atoms with Crippen molar-refractivity contribution in [1.29, 1.82) is 0 Å². The van der Waals surface area contributed by atoms with Crippen LogP contribution in [0.4, 0.5) is 16.0 Å². The van der Waals surface area contributed by atoms with E-state index in [2.05, 4.69) is 20.1 Å². The number of rotatable bonds is 1. The van der Waals surface area contributed by atoms with Gasteiger partial charge in [-0.3, -0.25) is 4.98 Å². The minimum Gasteiger partial charge on any atom is -0.394 e. The molecule has 0 bridgehead atoms. The van der Waals surface area contributed by atoms with Crippen LogP contribution in [0, 0.1) is 5.82 Å². The number of anilines is 2. The average Bonchev–Trinajstić information content (AvgIpc) is 2.72. The zero-order chi connectivity index (χ0) is 12.7. The summed E-state index contributed by atoms with van der Waals surface area (Å²) in [6, 6.07) is 1.27. The number of fused-ring (bicyclic) bond motifs is 1. The maximum absolute atomic E-state index is 13.1. The smallest absolute Gasteiger partial charge is 0.225 e. The van der Waals surface area contributed by atoms with E-state index in [-0.39, 0.29) is 11.8 Å². The van der Waals surface area contributed by atoms with Gasteiger partial charge in [0.1, 0.15) is 5.82 Å². The Kier molecular flexibility index (Phi) is 2.09. The number of hydrogen-bond acceptors (Lipinski definition) is 6. The molecule has 18 heavy (non-hydrogen) atoms. The molecule has 4 N–H and O–H groups in total. The van der Waals surface area contributed by atoms with Crippen LogP contribution in [-0.4, -0.2) is 24.6 Å². The van der Waals surface area contributed by atoms with Crippen molar-refractivity contribution >= 4 is 17.3 Å². The maximum Gasteiger partial charge on any atom is 0.225 e. The third-order valence-corrected chi connectivity index (χ3v) is 2.38. The molecule has 3 heterocycles. The SMILES string of the molecule is Nc1cnn2c(N)nc(-c3cncc(F)c3)nc12. The molecule has 0 amide bonds. The molecular weight excluding hydrogens is 237 g/mol. The van der Waals surface area contributed by atoms with Crippen molar-refractivity contribution in [1.82, 2.24) is 24.6 Å². The Balaban J connectivity index is 2.27. The summed E-state index contributed by atoms with van der Waals surface area (Å²) in [6.45, 7) is 0. The van der Waals surface area contributed by atoms with Gasteiger partial charge in [0.05, 0.1) is 18.1 Å². The molecule has 0 aliphatic heterocycles. The number of nitrogens with two attached hydrogens (primary N) is 2. The summed E-state index contributed by atoms with van der Waals surface area (Å²) in [5.41, 5.74) is 12.6. The topological polar surface area (TPSA) is 108 Å². The Morgan fingerprint density at radius 1 is 1.11 bits per heavy atom. The first kappa shape index (κ1) is 10.4. The molecule has 0 fully saturated rings. The summed E-state index contributed by atoms with van der Waals surface area (Å²) in [7, 11) is 0. The highest BCUT2D eigenvalue weighted by atomic mass is 19.1. The fraction of sp³-hybridized carbons (Fsp3) is 0. The van der Waals surface area contributed by atoms with Gasteiger partial charge in [-0.15, -0.1) is 0 Å². The summed E-state index contributed by atoms with van der Waals surface area (Å²) in [6.07, 6.45) is 3.97. The third kappa shape index (κ3) is 1.51. The molecule has 3 aromatic rings. The molecule has 0 spiro atoms. The zero-order valence-corrected chi connectivity index (χ0v) is 9.08. The third-order valence-electron chi connectivity index (χ3n) is 2.38. The van der Waals surface area contributed by atoms with Crippen LogP contribution in [0.15, 0.2) is 24.7 Å². The van der Waals surface area contributed by atoms with Crippen LogP contribution in [0.3, 0.4) is 0 Å². The van der Waals surface area contributed by atoms with Gasteiger partial charge in [0.15, 0.2) is 11.5 Å². The molecule has 0 saturated heterocycles. The number of hydrogen-bond donors (Lipinski definition) is 2. The second-order valence-corrected chi connectivity index (χ2v) is 3.63. The molecule has 0 radical (unpaired) electrons. The van der Waals surface area contributed by atoms with Gasteiger partial charge < -0.3 is 11.5 Å². The molecule has 7 nitrogen and oxygen atoms in total. The number of pyridine rings is 1. The quantitative estimate of drug-likeness (QED) is 0.645. The lowest BCUT2D eigenvalue weighted by Crippen LogP contribution is -2.06. The first-order chi connectivity index (χ1) is 8.65. The van der Waals surface area contributed by atoms with Crippen LogP contribution in [0.1, 0.15) is 0 Å². The minimum absolute atomic E-state index is 0.121. The van der Waals surface area contributed by atoms with E-state index in [1.165, 1.54) is 23.0 Å². The van der Waals surface area contributed by atoms with E-state index < -0.39 is 5.82 Å². The summed E-state index contributed by atoms with van der Waals surface area (Å²) >= 11 is 0. The predicted molar refractivity (Wildman–Crippen MR) is 62.8 cm³/mol. The molecule has 3 aromatic heterocycles. The average molecular weight is 245 g/mol. The van der Waals surface area contributed by atoms with E-state index in [9.17, 15) is 4.39 Å². The molecule has 3 rings (SSSR count). The second kappa shape index (κ2) is 3.62. The Labute approximate surface area is 100 Å². The van der Waals surface area contributed by atoms with Crippen LogP contribution < -0.4 is 11.5 Å². The van der Waals surface area contributed by atoms with Crippen molar-refractivity contribution in [2.75, 3.05) is 11.5 Å². The van der Waals surface area contributed by atoms with Gasteiger partial charge in [-0.2, -0.15) is 14.6 Å². The lowest BCUT2D eigenvalue weighted by Gasteiger charge is -2.03. The van der Waals surface area contributed by atoms with E-state index in [0.717, 1.165) is 6.20 Å². The van der Waals surface area contributed by atoms with Crippen LogP contribution in [-0.2, 0) is 0 Å². The van der Waals surface area contributed by atoms with Gasteiger partial charge in [-0.05, 0) is 6.07 Å². The van der Waals surface area contributed by atoms with Gasteiger partial charge in [-0.25, -0.2) is 9.37 Å². The van der Waals surface area contributed by atoms with Gasteiger partial charge in [0.25, 0.3) is 0 Å². The summed E-state index contributed by atoms with van der Waals surface area (Å²) < 4.78 is 14.4. The van der Waals surface area contributed by atoms with E-state index in [4.69, 9.17) is 11.5 Å². The van der Waals surface area contributed by atoms with Crippen molar-refractivity contribution in [3.8, 4) is 11.4 Å². The van der Waals surface area contributed by atoms with Crippen molar-refractivity contribution in [3.05, 3.63) is 30.5 Å². The zero-order valence-electron chi connectivity index (χ0n) is 9.08. The van der Waals surface area contributed by atoms with E-state index in [1.807, 2.05) is 0 Å². The number of halogens is 1. The van der Waals surface area contributed by atoms with Crippen LogP contribution in [0.25, 0.3) is 17.0 Å². The summed E-state index contributed by atoms with van der Waals surface area (Å²) in [5, 5.41) is 3.92. The number of nitrogen functional groups attached to an aromatic ring is 2.